The van der Waals surface area contributed by atoms with Crippen molar-refractivity contribution in [2.45, 2.75) is 49.0 Å². The molecule has 0 aromatic rings. The molecule has 0 spiro atoms. The minimum Gasteiger partial charge on any atom is -0.394 e. The average Bonchev–Trinajstić information content (AvgIpc) is 2.78. The van der Waals surface area contributed by atoms with E-state index < -0.39 is 68.8 Å². The molecule has 1 saturated heterocycles. The Morgan fingerprint density at radius 3 is 2.00 bits per heavy atom. The van der Waals surface area contributed by atoms with Gasteiger partial charge in [0.2, 0.25) is 0 Å². The van der Waals surface area contributed by atoms with Crippen LogP contribution in [0.4, 0.5) is 0 Å². The lowest BCUT2D eigenvalue weighted by Crippen LogP contribution is -2.46. The van der Waals surface area contributed by atoms with Crippen molar-refractivity contribution < 1.29 is 50.3 Å². The first kappa shape index (κ1) is 18.6. The Morgan fingerprint density at radius 1 is 0.905 bits per heavy atom. The lowest BCUT2D eigenvalue weighted by Gasteiger charge is -2.28. The largest absolute Gasteiger partial charge is 0.394 e. The predicted molar refractivity (Wildman–Crippen MR) is 64.8 cm³/mol. The first-order chi connectivity index (χ1) is 9.87. The smallest absolute Gasteiger partial charge is 0.187 e. The molecule has 21 heavy (non-hydrogen) atoms. The maximum absolute atomic E-state index is 9.73. The van der Waals surface area contributed by atoms with Crippen LogP contribution in [0.3, 0.4) is 0 Å². The Balaban J connectivity index is 2.68. The van der Waals surface area contributed by atoms with Crippen molar-refractivity contribution >= 4 is 0 Å². The molecule has 1 heterocycles. The number of aliphatic hydroxyl groups excluding tert-OH is 8. The molecule has 0 radical (unpaired) electrons. The topological polar surface area (TPSA) is 180 Å². The summed E-state index contributed by atoms with van der Waals surface area (Å²) in [5, 5.41) is 74.4. The molecule has 10 heteroatoms. The van der Waals surface area contributed by atoms with Gasteiger partial charge in [0, 0.05) is 0 Å². The third kappa shape index (κ3) is 4.29. The van der Waals surface area contributed by atoms with E-state index in [1.165, 1.54) is 0 Å². The second kappa shape index (κ2) is 8.29. The highest BCUT2D eigenvalue weighted by Gasteiger charge is 2.47. The predicted octanol–water partition coefficient (Wildman–Crippen LogP) is -5.12. The second-order valence-electron chi connectivity index (χ2n) is 4.80. The van der Waals surface area contributed by atoms with Gasteiger partial charge >= 0.3 is 0 Å². The van der Waals surface area contributed by atoms with Crippen LogP contribution in [0.2, 0.25) is 0 Å². The SMILES string of the molecule is OC[C@@H](O)[C@H]1O[C@H](O[C@@H](CO)[C@@H](O)[C@@H](O)CO)[C@@H](O)[C@@H]1O. The lowest BCUT2D eigenvalue weighted by atomic mass is 10.1. The maximum Gasteiger partial charge on any atom is 0.187 e. The van der Waals surface area contributed by atoms with Crippen LogP contribution >= 0.6 is 0 Å². The maximum atomic E-state index is 9.73. The first-order valence-electron chi connectivity index (χ1n) is 6.41. The van der Waals surface area contributed by atoms with Gasteiger partial charge in [-0.15, -0.1) is 0 Å². The van der Waals surface area contributed by atoms with Crippen molar-refractivity contribution in [3.05, 3.63) is 0 Å². The van der Waals surface area contributed by atoms with Gasteiger partial charge in [-0.25, -0.2) is 0 Å². The highest BCUT2D eigenvalue weighted by molar-refractivity contribution is 4.91. The number of hydrogen-bond acceptors (Lipinski definition) is 10. The summed E-state index contributed by atoms with van der Waals surface area (Å²) in [5.74, 6) is 0. The van der Waals surface area contributed by atoms with Crippen molar-refractivity contribution in [1.29, 1.82) is 0 Å². The monoisotopic (exact) mass is 314 g/mol. The van der Waals surface area contributed by atoms with Gasteiger partial charge in [-0.1, -0.05) is 0 Å². The molecule has 0 aromatic carbocycles. The molecule has 1 fully saturated rings. The van der Waals surface area contributed by atoms with Crippen molar-refractivity contribution in [2.75, 3.05) is 19.8 Å². The zero-order valence-corrected chi connectivity index (χ0v) is 11.1. The Morgan fingerprint density at radius 2 is 1.52 bits per heavy atom. The number of hydrogen-bond donors (Lipinski definition) is 8. The normalized spacial score (nSPS) is 35.4. The van der Waals surface area contributed by atoms with Crippen LogP contribution in [0, 0.1) is 0 Å². The van der Waals surface area contributed by atoms with Crippen LogP contribution < -0.4 is 0 Å². The van der Waals surface area contributed by atoms with Crippen LogP contribution in [0.25, 0.3) is 0 Å². The quantitative estimate of drug-likeness (QED) is 0.216. The number of rotatable bonds is 8. The fourth-order valence-electron chi connectivity index (χ4n) is 1.97. The molecule has 8 N–H and O–H groups in total. The van der Waals surface area contributed by atoms with Gasteiger partial charge in [-0.05, 0) is 0 Å². The minimum atomic E-state index is -1.66. The third-order valence-corrected chi connectivity index (χ3v) is 3.27. The van der Waals surface area contributed by atoms with Crippen LogP contribution in [-0.4, -0.2) is 110 Å². The summed E-state index contributed by atoms with van der Waals surface area (Å²) in [5.41, 5.74) is 0. The first-order valence-corrected chi connectivity index (χ1v) is 6.41. The molecular formula is C11H22O10. The van der Waals surface area contributed by atoms with Gasteiger partial charge in [0.05, 0.1) is 19.8 Å². The summed E-state index contributed by atoms with van der Waals surface area (Å²) >= 11 is 0. The van der Waals surface area contributed by atoms with Gasteiger partial charge in [0.25, 0.3) is 0 Å². The molecule has 0 aliphatic carbocycles. The van der Waals surface area contributed by atoms with Crippen LogP contribution in [0.1, 0.15) is 0 Å². The molecular weight excluding hydrogens is 292 g/mol. The second-order valence-corrected chi connectivity index (χ2v) is 4.80. The van der Waals surface area contributed by atoms with E-state index in [4.69, 9.17) is 24.8 Å². The fraction of sp³-hybridized carbons (Fsp3) is 1.00. The lowest BCUT2D eigenvalue weighted by molar-refractivity contribution is -0.233. The highest BCUT2D eigenvalue weighted by Crippen LogP contribution is 2.26. The van der Waals surface area contributed by atoms with E-state index in [2.05, 4.69) is 0 Å². The molecule has 1 rings (SSSR count). The Labute approximate surface area is 120 Å². The fourth-order valence-corrected chi connectivity index (χ4v) is 1.97. The van der Waals surface area contributed by atoms with Crippen LogP contribution in [0.15, 0.2) is 0 Å². The highest BCUT2D eigenvalue weighted by atomic mass is 16.7. The van der Waals surface area contributed by atoms with Crippen LogP contribution in [0.5, 0.6) is 0 Å². The van der Waals surface area contributed by atoms with E-state index in [1.54, 1.807) is 0 Å². The molecule has 1 aliphatic rings. The van der Waals surface area contributed by atoms with Crippen molar-refractivity contribution in [1.82, 2.24) is 0 Å². The molecule has 0 amide bonds. The average molecular weight is 314 g/mol. The van der Waals surface area contributed by atoms with Crippen molar-refractivity contribution in [3.8, 4) is 0 Å². The van der Waals surface area contributed by atoms with E-state index in [9.17, 15) is 25.5 Å². The molecule has 0 bridgehead atoms. The minimum absolute atomic E-state index is 0.712. The number of ether oxygens (including phenoxy) is 2. The third-order valence-electron chi connectivity index (χ3n) is 3.27. The van der Waals surface area contributed by atoms with Gasteiger partial charge in [0.1, 0.15) is 42.7 Å². The number of aliphatic hydroxyl groups is 8. The van der Waals surface area contributed by atoms with Crippen LogP contribution in [-0.2, 0) is 9.47 Å². The summed E-state index contributed by atoms with van der Waals surface area (Å²) < 4.78 is 10.1. The summed E-state index contributed by atoms with van der Waals surface area (Å²) in [4.78, 5) is 0. The van der Waals surface area contributed by atoms with Gasteiger partial charge in [-0.3, -0.25) is 0 Å². The van der Waals surface area contributed by atoms with E-state index in [1.807, 2.05) is 0 Å². The Kier molecular flexibility index (Phi) is 7.36. The summed E-state index contributed by atoms with van der Waals surface area (Å²) in [6, 6.07) is 0. The Bertz CT molecular complexity index is 303. The molecule has 0 aromatic heterocycles. The molecule has 1 aliphatic heterocycles. The van der Waals surface area contributed by atoms with E-state index in [0.717, 1.165) is 0 Å². The van der Waals surface area contributed by atoms with Gasteiger partial charge in [0.15, 0.2) is 6.29 Å². The summed E-state index contributed by atoms with van der Waals surface area (Å²) in [6.07, 6.45) is -12.0. The van der Waals surface area contributed by atoms with E-state index in [-0.39, 0.29) is 0 Å². The van der Waals surface area contributed by atoms with Gasteiger partial charge in [-0.2, -0.15) is 0 Å². The van der Waals surface area contributed by atoms with E-state index >= 15 is 0 Å². The molecule has 10 nitrogen and oxygen atoms in total. The summed E-state index contributed by atoms with van der Waals surface area (Å²) in [6.45, 7) is -2.24. The van der Waals surface area contributed by atoms with Crippen molar-refractivity contribution in [2.24, 2.45) is 0 Å². The molecule has 126 valence electrons. The zero-order valence-electron chi connectivity index (χ0n) is 11.1. The van der Waals surface area contributed by atoms with Crippen molar-refractivity contribution in [3.63, 3.8) is 0 Å². The molecule has 8 atom stereocenters. The van der Waals surface area contributed by atoms with Gasteiger partial charge < -0.3 is 50.3 Å². The van der Waals surface area contributed by atoms with E-state index in [0.29, 0.717) is 0 Å². The molecule has 0 unspecified atom stereocenters. The summed E-state index contributed by atoms with van der Waals surface area (Å²) in [7, 11) is 0. The Hall–Kier alpha value is -0.400. The molecule has 0 saturated carbocycles. The zero-order chi connectivity index (χ0) is 16.2. The standard InChI is InChI=1S/C11H22O10/c12-1-4(15)7(17)6(3-14)20-11-9(19)8(18)10(21-11)5(16)2-13/h4-19H,1-3H2/t4-,5+,6-,7-,8-,9-,10+,11-/m0/s1.